The van der Waals surface area contributed by atoms with Crippen LogP contribution in [0.1, 0.15) is 40.3 Å². The van der Waals surface area contributed by atoms with Crippen LogP contribution < -0.4 is 0 Å². The summed E-state index contributed by atoms with van der Waals surface area (Å²) < 4.78 is 5.71. The first-order valence-corrected chi connectivity index (χ1v) is 8.76. The molecule has 0 spiro atoms. The van der Waals surface area contributed by atoms with Crippen LogP contribution in [-0.2, 0) is 6.54 Å². The van der Waals surface area contributed by atoms with Crippen molar-refractivity contribution in [2.24, 2.45) is 0 Å². The average molecular weight is 335 g/mol. The quantitative estimate of drug-likeness (QED) is 0.865. The molecule has 2 aromatic rings. The first-order valence-electron chi connectivity index (χ1n) is 8.76. The monoisotopic (exact) mass is 335 g/mol. The highest BCUT2D eigenvalue weighted by atomic mass is 16.3. The molecule has 1 amide bonds. The van der Waals surface area contributed by atoms with E-state index in [9.17, 15) is 4.79 Å². The third-order valence-electron chi connectivity index (χ3n) is 5.37. The van der Waals surface area contributed by atoms with Crippen LogP contribution >= 0.6 is 0 Å². The summed E-state index contributed by atoms with van der Waals surface area (Å²) in [6.07, 6.45) is 2.01. The Bertz CT molecular complexity index is 818. The molecular weight excluding hydrogens is 314 g/mol. The molecule has 0 bridgehead atoms. The maximum absolute atomic E-state index is 12.9. The number of likely N-dealkylation sites (tertiary alicyclic amines) is 2. The fraction of sp³-hybridized carbons (Fsp3) is 0.400. The molecule has 2 aliphatic rings. The van der Waals surface area contributed by atoms with Crippen LogP contribution in [0.15, 0.2) is 40.8 Å². The number of hydrogen-bond acceptors (Lipinski definition) is 4. The first kappa shape index (κ1) is 15.9. The van der Waals surface area contributed by atoms with Crippen molar-refractivity contribution in [3.63, 3.8) is 0 Å². The van der Waals surface area contributed by atoms with Crippen LogP contribution in [0.3, 0.4) is 0 Å². The summed E-state index contributed by atoms with van der Waals surface area (Å²) in [5.74, 6) is 2.01. The van der Waals surface area contributed by atoms with Crippen molar-refractivity contribution in [2.45, 2.75) is 38.4 Å². The van der Waals surface area contributed by atoms with Gasteiger partial charge in [0.2, 0.25) is 0 Å². The molecular formula is C20H21N3O2. The molecule has 1 aromatic carbocycles. The molecule has 0 aliphatic carbocycles. The zero-order chi connectivity index (χ0) is 17.4. The molecule has 2 fully saturated rings. The van der Waals surface area contributed by atoms with Crippen molar-refractivity contribution in [3.05, 3.63) is 59.0 Å². The number of amides is 1. The van der Waals surface area contributed by atoms with E-state index in [1.807, 2.05) is 24.0 Å². The van der Waals surface area contributed by atoms with E-state index in [0.29, 0.717) is 17.2 Å². The number of aryl methyl sites for hydroxylation is 1. The maximum Gasteiger partial charge on any atom is 0.254 e. The van der Waals surface area contributed by atoms with Gasteiger partial charge in [-0.3, -0.25) is 9.69 Å². The van der Waals surface area contributed by atoms with E-state index in [2.05, 4.69) is 11.0 Å². The summed E-state index contributed by atoms with van der Waals surface area (Å²) in [7, 11) is 0. The Morgan fingerprint density at radius 1 is 1.16 bits per heavy atom. The van der Waals surface area contributed by atoms with Gasteiger partial charge in [0.05, 0.1) is 18.2 Å². The van der Waals surface area contributed by atoms with Crippen LogP contribution in [0.2, 0.25) is 0 Å². The van der Waals surface area contributed by atoms with Gasteiger partial charge in [-0.1, -0.05) is 0 Å². The maximum atomic E-state index is 12.9. The van der Waals surface area contributed by atoms with E-state index >= 15 is 0 Å². The molecule has 5 heteroatoms. The molecule has 25 heavy (non-hydrogen) atoms. The molecule has 128 valence electrons. The first-order chi connectivity index (χ1) is 12.2. The highest BCUT2D eigenvalue weighted by molar-refractivity contribution is 5.94. The predicted molar refractivity (Wildman–Crippen MR) is 92.9 cm³/mol. The largest absolute Gasteiger partial charge is 0.465 e. The number of rotatable bonds is 3. The minimum Gasteiger partial charge on any atom is -0.465 e. The standard InChI is InChI=1S/C20H21N3O2/c1-14-2-7-17(25-14)13-22-10-8-19-18(22)9-11-23(19)20(24)16-5-3-15(12-21)4-6-16/h2-7,18-19H,8-11,13H2,1H3/t18-,19+/m0/s1. The summed E-state index contributed by atoms with van der Waals surface area (Å²) >= 11 is 0. The second-order valence-electron chi connectivity index (χ2n) is 6.88. The van der Waals surface area contributed by atoms with Crippen LogP contribution in [0.4, 0.5) is 0 Å². The van der Waals surface area contributed by atoms with Gasteiger partial charge in [-0.2, -0.15) is 5.26 Å². The van der Waals surface area contributed by atoms with Crippen molar-refractivity contribution in [1.29, 1.82) is 5.26 Å². The van der Waals surface area contributed by atoms with Gasteiger partial charge in [-0.05, 0) is 56.2 Å². The SMILES string of the molecule is Cc1ccc(CN2CC[C@@H]3[C@@H]2CCN3C(=O)c2ccc(C#N)cc2)o1. The van der Waals surface area contributed by atoms with E-state index in [4.69, 9.17) is 9.68 Å². The van der Waals surface area contributed by atoms with Crippen molar-refractivity contribution >= 4 is 5.91 Å². The lowest BCUT2D eigenvalue weighted by Gasteiger charge is -2.25. The predicted octanol–water partition coefficient (Wildman–Crippen LogP) is 2.95. The molecule has 2 saturated heterocycles. The van der Waals surface area contributed by atoms with E-state index in [1.54, 1.807) is 24.3 Å². The molecule has 0 unspecified atom stereocenters. The minimum atomic E-state index is 0.0766. The fourth-order valence-electron chi connectivity index (χ4n) is 4.15. The van der Waals surface area contributed by atoms with Gasteiger partial charge in [0.25, 0.3) is 5.91 Å². The van der Waals surface area contributed by atoms with Crippen LogP contribution in [-0.4, -0.2) is 40.9 Å². The topological polar surface area (TPSA) is 60.5 Å². The molecule has 0 radical (unpaired) electrons. The molecule has 0 N–H and O–H groups in total. The van der Waals surface area contributed by atoms with Gasteiger partial charge in [-0.15, -0.1) is 0 Å². The minimum absolute atomic E-state index is 0.0766. The zero-order valence-corrected chi connectivity index (χ0v) is 14.3. The van der Waals surface area contributed by atoms with Gasteiger partial charge in [0.1, 0.15) is 11.5 Å². The average Bonchev–Trinajstić information content (AvgIpc) is 3.33. The third-order valence-corrected chi connectivity index (χ3v) is 5.37. The van der Waals surface area contributed by atoms with E-state index in [-0.39, 0.29) is 11.9 Å². The number of carbonyl (C=O) groups excluding carboxylic acids is 1. The van der Waals surface area contributed by atoms with E-state index < -0.39 is 0 Å². The summed E-state index contributed by atoms with van der Waals surface area (Å²) in [6, 6.07) is 13.7. The van der Waals surface area contributed by atoms with Crippen molar-refractivity contribution in [1.82, 2.24) is 9.80 Å². The molecule has 0 saturated carbocycles. The number of hydrogen-bond donors (Lipinski definition) is 0. The number of carbonyl (C=O) groups is 1. The molecule has 4 rings (SSSR count). The van der Waals surface area contributed by atoms with Crippen molar-refractivity contribution in [3.8, 4) is 6.07 Å². The van der Waals surface area contributed by atoms with Gasteiger partial charge in [0, 0.05) is 30.7 Å². The zero-order valence-electron chi connectivity index (χ0n) is 14.3. The van der Waals surface area contributed by atoms with Crippen LogP contribution in [0.5, 0.6) is 0 Å². The Labute approximate surface area is 147 Å². The summed E-state index contributed by atoms with van der Waals surface area (Å²) in [5.41, 5.74) is 1.25. The second kappa shape index (κ2) is 6.38. The normalized spacial score (nSPS) is 22.8. The fourth-order valence-corrected chi connectivity index (χ4v) is 4.15. The summed E-state index contributed by atoms with van der Waals surface area (Å²) in [6.45, 7) is 4.56. The van der Waals surface area contributed by atoms with Crippen molar-refractivity contribution in [2.75, 3.05) is 13.1 Å². The third kappa shape index (κ3) is 2.94. The summed E-state index contributed by atoms with van der Waals surface area (Å²) in [5, 5.41) is 8.89. The highest BCUT2D eigenvalue weighted by Gasteiger charge is 2.44. The molecule has 5 nitrogen and oxygen atoms in total. The number of benzene rings is 1. The number of nitriles is 1. The number of nitrogens with zero attached hydrogens (tertiary/aromatic N) is 3. The summed E-state index contributed by atoms with van der Waals surface area (Å²) in [4.78, 5) is 17.3. The smallest absolute Gasteiger partial charge is 0.254 e. The molecule has 3 heterocycles. The molecule has 1 aromatic heterocycles. The highest BCUT2D eigenvalue weighted by Crippen LogP contribution is 2.33. The van der Waals surface area contributed by atoms with E-state index in [1.165, 1.54) is 0 Å². The van der Waals surface area contributed by atoms with Gasteiger partial charge in [0.15, 0.2) is 0 Å². The second-order valence-corrected chi connectivity index (χ2v) is 6.88. The van der Waals surface area contributed by atoms with E-state index in [0.717, 1.165) is 44.0 Å². The Balaban J connectivity index is 1.45. The lowest BCUT2D eigenvalue weighted by molar-refractivity contribution is 0.0731. The van der Waals surface area contributed by atoms with Gasteiger partial charge >= 0.3 is 0 Å². The number of furan rings is 1. The van der Waals surface area contributed by atoms with Crippen LogP contribution in [0.25, 0.3) is 0 Å². The Morgan fingerprint density at radius 2 is 1.92 bits per heavy atom. The lowest BCUT2D eigenvalue weighted by Crippen LogP contribution is -2.39. The van der Waals surface area contributed by atoms with Gasteiger partial charge in [-0.25, -0.2) is 0 Å². The lowest BCUT2D eigenvalue weighted by atomic mass is 10.1. The molecule has 2 atom stereocenters. The van der Waals surface area contributed by atoms with Crippen LogP contribution in [0, 0.1) is 18.3 Å². The van der Waals surface area contributed by atoms with Crippen molar-refractivity contribution < 1.29 is 9.21 Å². The number of fused-ring (bicyclic) bond motifs is 1. The Hall–Kier alpha value is -2.58. The van der Waals surface area contributed by atoms with Gasteiger partial charge < -0.3 is 9.32 Å². The molecule has 2 aliphatic heterocycles. The Kier molecular flexibility index (Phi) is 4.06. The Morgan fingerprint density at radius 3 is 2.60 bits per heavy atom.